The summed E-state index contributed by atoms with van der Waals surface area (Å²) in [4.78, 5) is 16.1. The first-order valence-electron chi connectivity index (χ1n) is 7.67. The van der Waals surface area contributed by atoms with E-state index in [2.05, 4.69) is 12.1 Å². The second kappa shape index (κ2) is 5.99. The molecule has 0 aliphatic carbocycles. The van der Waals surface area contributed by atoms with Crippen LogP contribution in [0.5, 0.6) is 0 Å². The Morgan fingerprint density at radius 3 is 2.83 bits per heavy atom. The van der Waals surface area contributed by atoms with Crippen molar-refractivity contribution in [1.29, 1.82) is 5.26 Å². The van der Waals surface area contributed by atoms with E-state index in [0.29, 0.717) is 18.1 Å². The largest absolute Gasteiger partial charge is 0.444 e. The van der Waals surface area contributed by atoms with Gasteiger partial charge in [-0.05, 0) is 44.9 Å². The lowest BCUT2D eigenvalue weighted by Gasteiger charge is -2.44. The van der Waals surface area contributed by atoms with Crippen LogP contribution < -0.4 is 0 Å². The number of morpholine rings is 1. The Kier molecular flexibility index (Phi) is 4.17. The first kappa shape index (κ1) is 16.0. The van der Waals surface area contributed by atoms with Crippen molar-refractivity contribution < 1.29 is 14.3 Å². The van der Waals surface area contributed by atoms with Gasteiger partial charge < -0.3 is 9.47 Å². The molecule has 1 fully saturated rings. The molecule has 2 aliphatic rings. The van der Waals surface area contributed by atoms with Gasteiger partial charge in [0.25, 0.3) is 0 Å². The van der Waals surface area contributed by atoms with Gasteiger partial charge in [0, 0.05) is 4.88 Å². The normalized spacial score (nSPS) is 23.9. The fourth-order valence-electron chi connectivity index (χ4n) is 2.95. The Balaban J connectivity index is 1.84. The number of nitriles is 1. The highest BCUT2D eigenvalue weighted by Crippen LogP contribution is 2.36. The molecule has 1 aromatic rings. The Hall–Kier alpha value is -1.84. The maximum absolute atomic E-state index is 12.5. The van der Waals surface area contributed by atoms with Crippen LogP contribution in [-0.2, 0) is 9.47 Å². The molecule has 0 N–H and O–H groups in total. The van der Waals surface area contributed by atoms with Gasteiger partial charge in [-0.25, -0.2) is 4.79 Å². The zero-order chi connectivity index (χ0) is 16.6. The molecule has 6 heteroatoms. The van der Waals surface area contributed by atoms with Gasteiger partial charge in [-0.15, -0.1) is 11.3 Å². The van der Waals surface area contributed by atoms with E-state index in [1.165, 1.54) is 16.9 Å². The third kappa shape index (κ3) is 3.41. The number of fused-ring (bicyclic) bond motifs is 2. The molecule has 0 aromatic carbocycles. The van der Waals surface area contributed by atoms with Gasteiger partial charge in [0.05, 0.1) is 25.3 Å². The second-order valence-corrected chi connectivity index (χ2v) is 7.90. The van der Waals surface area contributed by atoms with Crippen LogP contribution in [0.2, 0.25) is 0 Å². The van der Waals surface area contributed by atoms with E-state index < -0.39 is 5.60 Å². The highest BCUT2D eigenvalue weighted by molar-refractivity contribution is 7.13. The van der Waals surface area contributed by atoms with E-state index >= 15 is 0 Å². The van der Waals surface area contributed by atoms with E-state index in [0.717, 1.165) is 11.3 Å². The van der Waals surface area contributed by atoms with Crippen LogP contribution in [0, 0.1) is 11.3 Å². The van der Waals surface area contributed by atoms with E-state index in [1.807, 2.05) is 32.9 Å². The van der Waals surface area contributed by atoms with Crippen LogP contribution in [0.15, 0.2) is 18.2 Å². The number of rotatable bonds is 1. The van der Waals surface area contributed by atoms with Crippen molar-refractivity contribution in [3.8, 4) is 6.07 Å². The molecular formula is C17H20N2O3S. The van der Waals surface area contributed by atoms with Crippen molar-refractivity contribution in [2.24, 2.45) is 0 Å². The summed E-state index contributed by atoms with van der Waals surface area (Å²) in [5, 5.41) is 8.99. The van der Waals surface area contributed by atoms with Crippen molar-refractivity contribution >= 4 is 23.0 Å². The van der Waals surface area contributed by atoms with Gasteiger partial charge in [-0.2, -0.15) is 5.26 Å². The number of hydrogen-bond acceptors (Lipinski definition) is 5. The number of ether oxygens (including phenoxy) is 2. The van der Waals surface area contributed by atoms with Gasteiger partial charge in [-0.3, -0.25) is 4.90 Å². The summed E-state index contributed by atoms with van der Waals surface area (Å²) >= 11 is 1.49. The molecule has 3 rings (SSSR count). The van der Waals surface area contributed by atoms with Crippen LogP contribution in [0.1, 0.15) is 36.9 Å². The van der Waals surface area contributed by atoms with Crippen molar-refractivity contribution in [2.75, 3.05) is 13.2 Å². The monoisotopic (exact) mass is 332 g/mol. The lowest BCUT2D eigenvalue weighted by atomic mass is 9.93. The summed E-state index contributed by atoms with van der Waals surface area (Å²) in [6.07, 6.45) is 2.52. The number of carbonyl (C=O) groups excluding carboxylic acids is 1. The standard InChI is InChI=1S/C17H20N2O3S/c1-17(2,3)22-16(20)19-12-6-11(7-13(19)10-21-9-12)15-5-4-14(8-18)23-15/h4-6,12-13H,7,9-10H2,1-3H3. The molecule has 2 unspecified atom stereocenters. The average molecular weight is 332 g/mol. The van der Waals surface area contributed by atoms with E-state index in [1.54, 1.807) is 4.90 Å². The molecule has 0 radical (unpaired) electrons. The zero-order valence-electron chi connectivity index (χ0n) is 13.5. The number of nitrogens with zero attached hydrogens (tertiary/aromatic N) is 2. The van der Waals surface area contributed by atoms with Crippen LogP contribution in [0.4, 0.5) is 4.79 Å². The summed E-state index contributed by atoms with van der Waals surface area (Å²) in [5.74, 6) is 0. The van der Waals surface area contributed by atoms with E-state index in [9.17, 15) is 4.79 Å². The Labute approximate surface area is 140 Å². The fourth-order valence-corrected chi connectivity index (χ4v) is 3.79. The van der Waals surface area contributed by atoms with Gasteiger partial charge in [-0.1, -0.05) is 6.08 Å². The molecule has 1 amide bonds. The third-order valence-corrected chi connectivity index (χ3v) is 4.90. The molecule has 2 atom stereocenters. The van der Waals surface area contributed by atoms with Crippen molar-refractivity contribution in [3.63, 3.8) is 0 Å². The fraction of sp³-hybridized carbons (Fsp3) is 0.529. The summed E-state index contributed by atoms with van der Waals surface area (Å²) in [6, 6.07) is 5.86. The predicted molar refractivity (Wildman–Crippen MR) is 88.1 cm³/mol. The van der Waals surface area contributed by atoms with Crippen LogP contribution in [0.25, 0.3) is 5.57 Å². The maximum atomic E-state index is 12.5. The topological polar surface area (TPSA) is 62.6 Å². The Morgan fingerprint density at radius 1 is 1.43 bits per heavy atom. The number of amides is 1. The highest BCUT2D eigenvalue weighted by Gasteiger charge is 2.40. The van der Waals surface area contributed by atoms with Crippen LogP contribution >= 0.6 is 11.3 Å². The average Bonchev–Trinajstić information content (AvgIpc) is 2.92. The molecule has 2 bridgehead atoms. The van der Waals surface area contributed by atoms with Crippen molar-refractivity contribution in [3.05, 3.63) is 28.0 Å². The molecule has 0 saturated carbocycles. The molecule has 1 saturated heterocycles. The first-order valence-corrected chi connectivity index (χ1v) is 8.49. The molecular weight excluding hydrogens is 312 g/mol. The number of thiophene rings is 1. The minimum absolute atomic E-state index is 0.0174. The molecule has 2 aliphatic heterocycles. The molecule has 0 spiro atoms. The van der Waals surface area contributed by atoms with E-state index in [4.69, 9.17) is 14.7 Å². The summed E-state index contributed by atoms with van der Waals surface area (Å²) in [6.45, 7) is 6.62. The Bertz CT molecular complexity index is 681. The minimum Gasteiger partial charge on any atom is -0.444 e. The molecule has 5 nitrogen and oxygen atoms in total. The molecule has 23 heavy (non-hydrogen) atoms. The summed E-state index contributed by atoms with van der Waals surface area (Å²) in [7, 11) is 0. The number of carbonyl (C=O) groups is 1. The second-order valence-electron chi connectivity index (χ2n) is 6.82. The van der Waals surface area contributed by atoms with Crippen molar-refractivity contribution in [1.82, 2.24) is 4.90 Å². The van der Waals surface area contributed by atoms with Gasteiger partial charge in [0.15, 0.2) is 0 Å². The maximum Gasteiger partial charge on any atom is 0.411 e. The lowest BCUT2D eigenvalue weighted by Crippen LogP contribution is -2.57. The summed E-state index contributed by atoms with van der Waals surface area (Å²) < 4.78 is 11.2. The minimum atomic E-state index is -0.508. The zero-order valence-corrected chi connectivity index (χ0v) is 14.4. The smallest absolute Gasteiger partial charge is 0.411 e. The van der Waals surface area contributed by atoms with Gasteiger partial charge in [0.2, 0.25) is 0 Å². The quantitative estimate of drug-likeness (QED) is 0.790. The first-order chi connectivity index (χ1) is 10.9. The molecule has 1 aromatic heterocycles. The third-order valence-electron chi connectivity index (χ3n) is 3.84. The molecule has 3 heterocycles. The lowest BCUT2D eigenvalue weighted by molar-refractivity contribution is -0.0510. The summed E-state index contributed by atoms with van der Waals surface area (Å²) in [5.41, 5.74) is 0.681. The van der Waals surface area contributed by atoms with Gasteiger partial charge >= 0.3 is 6.09 Å². The predicted octanol–water partition coefficient (Wildman–Crippen LogP) is 3.41. The van der Waals surface area contributed by atoms with Crippen LogP contribution in [-0.4, -0.2) is 41.9 Å². The molecule has 122 valence electrons. The Morgan fingerprint density at radius 2 is 2.22 bits per heavy atom. The highest BCUT2D eigenvalue weighted by atomic mass is 32.1. The van der Waals surface area contributed by atoms with Crippen molar-refractivity contribution in [2.45, 2.75) is 44.9 Å². The van der Waals surface area contributed by atoms with Crippen LogP contribution in [0.3, 0.4) is 0 Å². The SMILES string of the molecule is CC(C)(C)OC(=O)N1C2C=C(c3ccc(C#N)s3)CC1COC2. The van der Waals surface area contributed by atoms with Gasteiger partial charge in [0.1, 0.15) is 16.5 Å². The van der Waals surface area contributed by atoms with E-state index in [-0.39, 0.29) is 18.2 Å². The number of hydrogen-bond donors (Lipinski definition) is 0.